The molecule has 0 spiro atoms. The van der Waals surface area contributed by atoms with Crippen LogP contribution in [0.5, 0.6) is 0 Å². The summed E-state index contributed by atoms with van der Waals surface area (Å²) in [7, 11) is -3.24. The Kier molecular flexibility index (Phi) is 3.66. The monoisotopic (exact) mass is 293 g/mol. The second kappa shape index (κ2) is 5.25. The van der Waals surface area contributed by atoms with E-state index in [-0.39, 0.29) is 16.4 Å². The molecule has 0 aliphatic carbocycles. The molecular weight excluding hydrogens is 282 g/mol. The van der Waals surface area contributed by atoms with Crippen molar-refractivity contribution in [2.24, 2.45) is 0 Å². The SMILES string of the molecule is CS(=O)(=O)c1ccc(Nc2cncc(C(=O)O)n2)cc1. The summed E-state index contributed by atoms with van der Waals surface area (Å²) in [6.07, 6.45) is 3.63. The summed E-state index contributed by atoms with van der Waals surface area (Å²) in [6.45, 7) is 0. The second-order valence-electron chi connectivity index (χ2n) is 4.02. The van der Waals surface area contributed by atoms with Crippen LogP contribution in [0.15, 0.2) is 41.6 Å². The topological polar surface area (TPSA) is 109 Å². The predicted octanol–water partition coefficient (Wildman–Crippen LogP) is 1.32. The number of aromatic carboxylic acids is 1. The molecular formula is C12H11N3O4S. The van der Waals surface area contributed by atoms with Crippen LogP contribution >= 0.6 is 0 Å². The lowest BCUT2D eigenvalue weighted by Gasteiger charge is -2.06. The van der Waals surface area contributed by atoms with Crippen molar-refractivity contribution in [1.82, 2.24) is 9.97 Å². The van der Waals surface area contributed by atoms with Crippen molar-refractivity contribution < 1.29 is 18.3 Å². The molecule has 7 nitrogen and oxygen atoms in total. The number of carbonyl (C=O) groups is 1. The maximum atomic E-state index is 11.3. The van der Waals surface area contributed by atoms with Gasteiger partial charge in [0.1, 0.15) is 5.82 Å². The molecule has 0 saturated carbocycles. The molecule has 0 fully saturated rings. The van der Waals surface area contributed by atoms with Gasteiger partial charge >= 0.3 is 5.97 Å². The Balaban J connectivity index is 2.22. The van der Waals surface area contributed by atoms with Crippen molar-refractivity contribution in [2.75, 3.05) is 11.6 Å². The van der Waals surface area contributed by atoms with Gasteiger partial charge in [0.25, 0.3) is 0 Å². The van der Waals surface area contributed by atoms with Crippen molar-refractivity contribution in [3.63, 3.8) is 0 Å². The van der Waals surface area contributed by atoms with Gasteiger partial charge in [-0.15, -0.1) is 0 Å². The maximum Gasteiger partial charge on any atom is 0.356 e. The lowest BCUT2D eigenvalue weighted by atomic mass is 10.3. The quantitative estimate of drug-likeness (QED) is 0.874. The third-order valence-electron chi connectivity index (χ3n) is 2.41. The molecule has 0 atom stereocenters. The third kappa shape index (κ3) is 3.29. The fraction of sp³-hybridized carbons (Fsp3) is 0.0833. The summed E-state index contributed by atoms with van der Waals surface area (Å²) < 4.78 is 22.6. The number of benzene rings is 1. The molecule has 1 heterocycles. The lowest BCUT2D eigenvalue weighted by Crippen LogP contribution is -2.04. The number of hydrogen-bond acceptors (Lipinski definition) is 6. The maximum absolute atomic E-state index is 11.3. The first-order valence-electron chi connectivity index (χ1n) is 5.49. The average molecular weight is 293 g/mol. The molecule has 0 aliphatic rings. The van der Waals surface area contributed by atoms with E-state index in [9.17, 15) is 13.2 Å². The van der Waals surface area contributed by atoms with E-state index < -0.39 is 15.8 Å². The molecule has 0 radical (unpaired) electrons. The van der Waals surface area contributed by atoms with Crippen LogP contribution in [0, 0.1) is 0 Å². The number of anilines is 2. The zero-order chi connectivity index (χ0) is 14.8. The van der Waals surface area contributed by atoms with E-state index in [0.29, 0.717) is 5.69 Å². The third-order valence-corrected chi connectivity index (χ3v) is 3.54. The van der Waals surface area contributed by atoms with E-state index >= 15 is 0 Å². The van der Waals surface area contributed by atoms with Crippen LogP contribution < -0.4 is 5.32 Å². The molecule has 0 bridgehead atoms. The molecule has 0 unspecified atom stereocenters. The number of hydrogen-bond donors (Lipinski definition) is 2. The van der Waals surface area contributed by atoms with E-state index in [4.69, 9.17) is 5.11 Å². The Labute approximate surface area is 115 Å². The summed E-state index contributed by atoms with van der Waals surface area (Å²) in [6, 6.07) is 6.02. The predicted molar refractivity (Wildman–Crippen MR) is 71.8 cm³/mol. The number of carboxylic acid groups (broad SMARTS) is 1. The largest absolute Gasteiger partial charge is 0.476 e. The first-order valence-corrected chi connectivity index (χ1v) is 7.38. The van der Waals surface area contributed by atoms with Crippen molar-refractivity contribution in [3.8, 4) is 0 Å². The molecule has 2 N–H and O–H groups in total. The molecule has 0 saturated heterocycles. The van der Waals surface area contributed by atoms with E-state index in [2.05, 4.69) is 15.3 Å². The van der Waals surface area contributed by atoms with Crippen LogP contribution in [-0.4, -0.2) is 35.7 Å². The number of nitrogens with one attached hydrogen (secondary N) is 1. The average Bonchev–Trinajstić information content (AvgIpc) is 2.38. The van der Waals surface area contributed by atoms with Gasteiger partial charge < -0.3 is 10.4 Å². The number of sulfone groups is 1. The van der Waals surface area contributed by atoms with Crippen molar-refractivity contribution in [2.45, 2.75) is 4.90 Å². The minimum atomic E-state index is -3.24. The zero-order valence-electron chi connectivity index (χ0n) is 10.4. The Morgan fingerprint density at radius 1 is 1.20 bits per heavy atom. The van der Waals surface area contributed by atoms with Crippen LogP contribution in [-0.2, 0) is 9.84 Å². The van der Waals surface area contributed by atoms with Gasteiger partial charge in [-0.25, -0.2) is 18.2 Å². The Hall–Kier alpha value is -2.48. The van der Waals surface area contributed by atoms with Gasteiger partial charge in [0.05, 0.1) is 17.3 Å². The summed E-state index contributed by atoms with van der Waals surface area (Å²) in [5.41, 5.74) is 0.400. The summed E-state index contributed by atoms with van der Waals surface area (Å²) in [4.78, 5) is 18.6. The van der Waals surface area contributed by atoms with Gasteiger partial charge in [-0.2, -0.15) is 0 Å². The zero-order valence-corrected chi connectivity index (χ0v) is 11.3. The van der Waals surface area contributed by atoms with E-state index in [0.717, 1.165) is 12.5 Å². The highest BCUT2D eigenvalue weighted by atomic mass is 32.2. The Bertz CT molecular complexity index is 742. The summed E-state index contributed by atoms with van der Waals surface area (Å²) in [5.74, 6) is -0.912. The summed E-state index contributed by atoms with van der Waals surface area (Å²) in [5, 5.41) is 11.7. The van der Waals surface area contributed by atoms with Gasteiger partial charge in [0.2, 0.25) is 0 Å². The highest BCUT2D eigenvalue weighted by Crippen LogP contribution is 2.17. The molecule has 0 amide bonds. The van der Waals surface area contributed by atoms with Gasteiger partial charge in [-0.3, -0.25) is 4.98 Å². The second-order valence-corrected chi connectivity index (χ2v) is 6.03. The molecule has 0 aliphatic heterocycles. The fourth-order valence-corrected chi connectivity index (χ4v) is 2.09. The van der Waals surface area contributed by atoms with Crippen LogP contribution in [0.2, 0.25) is 0 Å². The van der Waals surface area contributed by atoms with Crippen LogP contribution in [0.25, 0.3) is 0 Å². The summed E-state index contributed by atoms with van der Waals surface area (Å²) >= 11 is 0. The standard InChI is InChI=1S/C12H11N3O4S/c1-20(18,19)9-4-2-8(3-5-9)14-11-7-13-6-10(15-11)12(16)17/h2-7H,1H3,(H,14,15)(H,16,17). The fourth-order valence-electron chi connectivity index (χ4n) is 1.46. The van der Waals surface area contributed by atoms with Crippen LogP contribution in [0.4, 0.5) is 11.5 Å². The molecule has 1 aromatic heterocycles. The van der Waals surface area contributed by atoms with Crippen LogP contribution in [0.1, 0.15) is 10.5 Å². The number of aromatic nitrogens is 2. The van der Waals surface area contributed by atoms with E-state index in [1.54, 1.807) is 12.1 Å². The number of carboxylic acids is 1. The molecule has 1 aromatic carbocycles. The minimum Gasteiger partial charge on any atom is -0.476 e. The molecule has 2 rings (SSSR count). The first-order chi connectivity index (χ1) is 9.36. The number of rotatable bonds is 4. The van der Waals surface area contributed by atoms with Gasteiger partial charge in [-0.1, -0.05) is 0 Å². The van der Waals surface area contributed by atoms with E-state index in [1.807, 2.05) is 0 Å². The smallest absolute Gasteiger partial charge is 0.356 e. The number of nitrogens with zero attached hydrogens (tertiary/aromatic N) is 2. The molecule has 104 valence electrons. The highest BCUT2D eigenvalue weighted by Gasteiger charge is 2.08. The van der Waals surface area contributed by atoms with Crippen molar-refractivity contribution in [1.29, 1.82) is 0 Å². The lowest BCUT2D eigenvalue weighted by molar-refractivity contribution is 0.0690. The van der Waals surface area contributed by atoms with Gasteiger partial charge in [0, 0.05) is 11.9 Å². The minimum absolute atomic E-state index is 0.178. The molecule has 8 heteroatoms. The van der Waals surface area contributed by atoms with Gasteiger partial charge in [0.15, 0.2) is 15.5 Å². The van der Waals surface area contributed by atoms with Crippen molar-refractivity contribution >= 4 is 27.3 Å². The Morgan fingerprint density at radius 3 is 2.40 bits per heavy atom. The first kappa shape index (κ1) is 13.9. The van der Waals surface area contributed by atoms with Crippen molar-refractivity contribution in [3.05, 3.63) is 42.4 Å². The van der Waals surface area contributed by atoms with Crippen LogP contribution in [0.3, 0.4) is 0 Å². The highest BCUT2D eigenvalue weighted by molar-refractivity contribution is 7.90. The molecule has 2 aromatic rings. The molecule has 20 heavy (non-hydrogen) atoms. The van der Waals surface area contributed by atoms with E-state index in [1.165, 1.54) is 18.3 Å². The normalized spacial score (nSPS) is 11.1. The Morgan fingerprint density at radius 2 is 1.85 bits per heavy atom. The van der Waals surface area contributed by atoms with Gasteiger partial charge in [-0.05, 0) is 24.3 Å².